The smallest absolute Gasteiger partial charge is 0.253 e. The number of aromatic nitrogens is 1. The number of pyridine rings is 1. The predicted molar refractivity (Wildman–Crippen MR) is 128 cm³/mol. The largest absolute Gasteiger partial charge is 0.378 e. The predicted octanol–water partition coefficient (Wildman–Crippen LogP) is 4.53. The van der Waals surface area contributed by atoms with Crippen LogP contribution < -0.4 is 20.9 Å². The zero-order valence-electron chi connectivity index (χ0n) is 17.2. The molecule has 1 saturated heterocycles. The molecule has 0 spiro atoms. The van der Waals surface area contributed by atoms with Crippen LogP contribution in [-0.2, 0) is 4.74 Å². The number of anilines is 5. The minimum Gasteiger partial charge on any atom is -0.378 e. The van der Waals surface area contributed by atoms with E-state index in [-0.39, 0.29) is 5.91 Å². The first-order valence-corrected chi connectivity index (χ1v) is 10.9. The van der Waals surface area contributed by atoms with Gasteiger partial charge in [-0.15, -0.1) is 0 Å². The number of hydrogen-bond donors (Lipinski definition) is 3. The van der Waals surface area contributed by atoms with Gasteiger partial charge in [0.25, 0.3) is 5.91 Å². The van der Waals surface area contributed by atoms with E-state index in [1.165, 1.54) is 5.69 Å². The number of amides is 1. The molecule has 1 fully saturated rings. The second-order valence-electron chi connectivity index (χ2n) is 7.07. The lowest BCUT2D eigenvalue weighted by Crippen LogP contribution is -2.36. The Morgan fingerprint density at radius 1 is 1.03 bits per heavy atom. The highest BCUT2D eigenvalue weighted by molar-refractivity contribution is 9.10. The van der Waals surface area contributed by atoms with E-state index < -0.39 is 0 Å². The number of nitrogens with zero attached hydrogens (tertiary/aromatic N) is 2. The first kappa shape index (κ1) is 21.1. The maximum atomic E-state index is 12.2. The van der Waals surface area contributed by atoms with Gasteiger partial charge >= 0.3 is 0 Å². The summed E-state index contributed by atoms with van der Waals surface area (Å²) in [5.41, 5.74) is 4.23. The Morgan fingerprint density at radius 2 is 1.77 bits per heavy atom. The molecular weight excluding hydrogens is 458 g/mol. The summed E-state index contributed by atoms with van der Waals surface area (Å²) in [6.07, 6.45) is 1.73. The molecule has 0 unspecified atom stereocenters. The van der Waals surface area contributed by atoms with Crippen molar-refractivity contribution in [3.8, 4) is 0 Å². The van der Waals surface area contributed by atoms with E-state index in [2.05, 4.69) is 53.9 Å². The minimum absolute atomic E-state index is 0.146. The average molecular weight is 482 g/mol. The van der Waals surface area contributed by atoms with Crippen molar-refractivity contribution >= 4 is 50.4 Å². The standard InChI is InChI=1S/C23H24BrN5O2/c1-25-23(30)18-4-2-3-5-20(18)28-21-14-22(26-15-19(21)24)27-16-6-8-17(9-7-16)29-10-12-31-13-11-29/h2-9,14-15H,10-13H2,1H3,(H,25,30)(H2,26,27,28). The van der Waals surface area contributed by atoms with Crippen molar-refractivity contribution in [1.82, 2.24) is 10.3 Å². The second kappa shape index (κ2) is 9.80. The summed E-state index contributed by atoms with van der Waals surface area (Å²) in [7, 11) is 1.62. The number of nitrogens with one attached hydrogen (secondary N) is 3. The van der Waals surface area contributed by atoms with Crippen LogP contribution in [0.4, 0.5) is 28.6 Å². The summed E-state index contributed by atoms with van der Waals surface area (Å²) < 4.78 is 6.22. The molecule has 0 aliphatic carbocycles. The molecule has 1 aliphatic heterocycles. The van der Waals surface area contributed by atoms with E-state index in [1.807, 2.05) is 36.4 Å². The van der Waals surface area contributed by atoms with Gasteiger partial charge in [0.05, 0.1) is 34.6 Å². The van der Waals surface area contributed by atoms with E-state index in [1.54, 1.807) is 19.3 Å². The Labute approximate surface area is 190 Å². The van der Waals surface area contributed by atoms with Crippen LogP contribution in [0.3, 0.4) is 0 Å². The molecule has 0 radical (unpaired) electrons. The van der Waals surface area contributed by atoms with Crippen LogP contribution in [-0.4, -0.2) is 44.2 Å². The Bertz CT molecular complexity index is 1050. The van der Waals surface area contributed by atoms with Crippen molar-refractivity contribution in [3.63, 3.8) is 0 Å². The van der Waals surface area contributed by atoms with Crippen LogP contribution in [0, 0.1) is 0 Å². The number of benzene rings is 2. The van der Waals surface area contributed by atoms with Gasteiger partial charge in [-0.2, -0.15) is 0 Å². The van der Waals surface area contributed by atoms with Crippen LogP contribution in [0.2, 0.25) is 0 Å². The molecule has 4 rings (SSSR count). The first-order chi connectivity index (χ1) is 15.1. The maximum Gasteiger partial charge on any atom is 0.253 e. The van der Waals surface area contributed by atoms with Gasteiger partial charge in [-0.25, -0.2) is 4.98 Å². The minimum atomic E-state index is -0.146. The third-order valence-corrected chi connectivity index (χ3v) is 5.67. The van der Waals surface area contributed by atoms with Gasteiger partial charge in [-0.1, -0.05) is 12.1 Å². The summed E-state index contributed by atoms with van der Waals surface area (Å²) in [6, 6.07) is 17.6. The first-order valence-electron chi connectivity index (χ1n) is 10.1. The fourth-order valence-electron chi connectivity index (χ4n) is 3.40. The van der Waals surface area contributed by atoms with Crippen molar-refractivity contribution in [3.05, 3.63) is 70.8 Å². The second-order valence-corrected chi connectivity index (χ2v) is 7.92. The van der Waals surface area contributed by atoms with E-state index in [0.29, 0.717) is 11.4 Å². The lowest BCUT2D eigenvalue weighted by Gasteiger charge is -2.28. The van der Waals surface area contributed by atoms with Gasteiger partial charge in [-0.3, -0.25) is 4.79 Å². The van der Waals surface area contributed by atoms with Crippen LogP contribution in [0.5, 0.6) is 0 Å². The van der Waals surface area contributed by atoms with E-state index in [4.69, 9.17) is 4.74 Å². The summed E-state index contributed by atoms with van der Waals surface area (Å²) in [4.78, 5) is 18.9. The Hall–Kier alpha value is -3.10. The zero-order valence-corrected chi connectivity index (χ0v) is 18.8. The van der Waals surface area contributed by atoms with Crippen molar-refractivity contribution in [1.29, 1.82) is 0 Å². The average Bonchev–Trinajstić information content (AvgIpc) is 2.82. The molecule has 2 heterocycles. The Morgan fingerprint density at radius 3 is 2.52 bits per heavy atom. The number of carbonyl (C=O) groups is 1. The molecule has 31 heavy (non-hydrogen) atoms. The number of halogens is 1. The quantitative estimate of drug-likeness (QED) is 0.480. The number of morpholine rings is 1. The molecule has 1 amide bonds. The fourth-order valence-corrected chi connectivity index (χ4v) is 3.71. The number of hydrogen-bond acceptors (Lipinski definition) is 6. The highest BCUT2D eigenvalue weighted by Crippen LogP contribution is 2.30. The third-order valence-electron chi connectivity index (χ3n) is 5.04. The Kier molecular flexibility index (Phi) is 6.69. The van der Waals surface area contributed by atoms with Crippen LogP contribution in [0.15, 0.2) is 65.3 Å². The van der Waals surface area contributed by atoms with Gasteiger partial charge in [0.2, 0.25) is 0 Å². The number of carbonyl (C=O) groups excluding carboxylic acids is 1. The molecule has 7 nitrogen and oxygen atoms in total. The molecule has 0 saturated carbocycles. The molecule has 1 aliphatic rings. The lowest BCUT2D eigenvalue weighted by molar-refractivity contribution is 0.0964. The molecule has 2 aromatic carbocycles. The third kappa shape index (κ3) is 5.15. The van der Waals surface area contributed by atoms with E-state index in [0.717, 1.165) is 47.8 Å². The van der Waals surface area contributed by atoms with Gasteiger partial charge in [0, 0.05) is 43.8 Å². The topological polar surface area (TPSA) is 78.5 Å². The van der Waals surface area contributed by atoms with E-state index >= 15 is 0 Å². The fraction of sp³-hybridized carbons (Fsp3) is 0.217. The van der Waals surface area contributed by atoms with Crippen molar-refractivity contribution in [2.75, 3.05) is 48.9 Å². The van der Waals surface area contributed by atoms with Gasteiger partial charge in [-0.05, 0) is 52.3 Å². The molecule has 3 aromatic rings. The van der Waals surface area contributed by atoms with E-state index in [9.17, 15) is 4.79 Å². The SMILES string of the molecule is CNC(=O)c1ccccc1Nc1cc(Nc2ccc(N3CCOCC3)cc2)ncc1Br. The van der Waals surface area contributed by atoms with Gasteiger partial charge in [0.15, 0.2) is 0 Å². The zero-order chi connectivity index (χ0) is 21.6. The molecular formula is C23H24BrN5O2. The molecule has 0 bridgehead atoms. The van der Waals surface area contributed by atoms with Crippen molar-refractivity contribution in [2.45, 2.75) is 0 Å². The van der Waals surface area contributed by atoms with Crippen molar-refractivity contribution < 1.29 is 9.53 Å². The summed E-state index contributed by atoms with van der Waals surface area (Å²) >= 11 is 3.54. The van der Waals surface area contributed by atoms with Gasteiger partial charge < -0.3 is 25.6 Å². The summed E-state index contributed by atoms with van der Waals surface area (Å²) in [5, 5.41) is 9.34. The van der Waals surface area contributed by atoms with Crippen LogP contribution in [0.1, 0.15) is 10.4 Å². The molecule has 8 heteroatoms. The summed E-state index contributed by atoms with van der Waals surface area (Å²) in [6.45, 7) is 3.35. The number of ether oxygens (including phenoxy) is 1. The highest BCUT2D eigenvalue weighted by Gasteiger charge is 2.13. The molecule has 160 valence electrons. The molecule has 3 N–H and O–H groups in total. The van der Waals surface area contributed by atoms with Crippen LogP contribution in [0.25, 0.3) is 0 Å². The normalized spacial score (nSPS) is 13.5. The summed E-state index contributed by atoms with van der Waals surface area (Å²) in [5.74, 6) is 0.550. The monoisotopic (exact) mass is 481 g/mol. The lowest BCUT2D eigenvalue weighted by atomic mass is 10.1. The molecule has 0 atom stereocenters. The Balaban J connectivity index is 1.50. The van der Waals surface area contributed by atoms with Crippen molar-refractivity contribution in [2.24, 2.45) is 0 Å². The number of rotatable bonds is 6. The maximum absolute atomic E-state index is 12.2. The number of para-hydroxylation sites is 1. The highest BCUT2D eigenvalue weighted by atomic mass is 79.9. The molecule has 1 aromatic heterocycles. The van der Waals surface area contributed by atoms with Crippen LogP contribution >= 0.6 is 15.9 Å². The van der Waals surface area contributed by atoms with Gasteiger partial charge in [0.1, 0.15) is 5.82 Å².